The normalized spacial score (nSPS) is 11.7. The van der Waals surface area contributed by atoms with Gasteiger partial charge in [0, 0.05) is 12.7 Å². The summed E-state index contributed by atoms with van der Waals surface area (Å²) in [6, 6.07) is 12.7. The third kappa shape index (κ3) is 2.65. The summed E-state index contributed by atoms with van der Waals surface area (Å²) in [7, 11) is 2.01. The van der Waals surface area contributed by atoms with Gasteiger partial charge in [0.1, 0.15) is 11.0 Å². The van der Waals surface area contributed by atoms with Crippen LogP contribution in [0.15, 0.2) is 42.7 Å². The zero-order valence-electron chi connectivity index (χ0n) is 14.1. The molecule has 0 atom stereocenters. The third-order valence-electron chi connectivity index (χ3n) is 4.14. The zero-order chi connectivity index (χ0) is 16.7. The largest absolute Gasteiger partial charge is 0.334 e. The molecule has 0 bridgehead atoms. The van der Waals surface area contributed by atoms with Crippen molar-refractivity contribution in [3.8, 4) is 0 Å². The van der Waals surface area contributed by atoms with Gasteiger partial charge in [-0.2, -0.15) is 0 Å². The smallest absolute Gasteiger partial charge is 0.188 e. The molecule has 4 rings (SSSR count). The maximum absolute atomic E-state index is 4.80. The van der Waals surface area contributed by atoms with E-state index in [4.69, 9.17) is 4.98 Å². The number of anilines is 2. The van der Waals surface area contributed by atoms with Crippen molar-refractivity contribution in [1.82, 2.24) is 14.5 Å². The van der Waals surface area contributed by atoms with E-state index in [9.17, 15) is 0 Å². The summed E-state index contributed by atoms with van der Waals surface area (Å²) in [4.78, 5) is 9.30. The molecule has 5 heteroatoms. The van der Waals surface area contributed by atoms with Crippen LogP contribution in [-0.4, -0.2) is 14.5 Å². The van der Waals surface area contributed by atoms with Gasteiger partial charge < -0.3 is 9.88 Å². The maximum atomic E-state index is 4.80. The molecule has 0 spiro atoms. The Hall–Kier alpha value is -2.40. The Balaban J connectivity index is 1.74. The highest BCUT2D eigenvalue weighted by Crippen LogP contribution is 2.33. The first-order valence-corrected chi connectivity index (χ1v) is 8.99. The molecule has 4 aromatic rings. The fraction of sp³-hybridized carbons (Fsp3) is 0.263. The number of para-hydroxylation sites is 1. The van der Waals surface area contributed by atoms with Gasteiger partial charge in [-0.25, -0.2) is 9.97 Å². The van der Waals surface area contributed by atoms with Crippen LogP contribution in [0.2, 0.25) is 0 Å². The molecular weight excluding hydrogens is 316 g/mol. The van der Waals surface area contributed by atoms with Crippen LogP contribution in [0.25, 0.3) is 21.3 Å². The molecule has 0 radical (unpaired) electrons. The Labute approximate surface area is 145 Å². The van der Waals surface area contributed by atoms with E-state index >= 15 is 0 Å². The van der Waals surface area contributed by atoms with Gasteiger partial charge in [0.25, 0.3) is 0 Å². The van der Waals surface area contributed by atoms with Crippen LogP contribution < -0.4 is 5.32 Å². The molecule has 4 nitrogen and oxygen atoms in total. The van der Waals surface area contributed by atoms with Crippen molar-refractivity contribution >= 4 is 43.4 Å². The first kappa shape index (κ1) is 15.1. The molecule has 2 aromatic heterocycles. The van der Waals surface area contributed by atoms with Crippen LogP contribution in [0.1, 0.15) is 19.4 Å². The summed E-state index contributed by atoms with van der Waals surface area (Å²) < 4.78 is 3.18. The SMILES string of the molecule is CC(C)Cc1ccccc1Nc1nc2c(ccc3c2ncn3C)s1. The predicted molar refractivity (Wildman–Crippen MR) is 102 cm³/mol. The quantitative estimate of drug-likeness (QED) is 0.562. The predicted octanol–water partition coefficient (Wildman–Crippen LogP) is 5.13. The number of aromatic nitrogens is 3. The molecule has 0 unspecified atom stereocenters. The summed E-state index contributed by atoms with van der Waals surface area (Å²) in [6.07, 6.45) is 2.90. The van der Waals surface area contributed by atoms with E-state index in [0.717, 1.165) is 38.5 Å². The standard InChI is InChI=1S/C19H20N4S/c1-12(2)10-13-6-4-5-7-14(13)21-19-22-18-16(24-19)9-8-15-17(18)20-11-23(15)3/h4-9,11-12H,10H2,1-3H3,(H,21,22). The number of hydrogen-bond acceptors (Lipinski definition) is 4. The molecule has 0 aliphatic rings. The molecule has 2 heterocycles. The first-order valence-electron chi connectivity index (χ1n) is 8.17. The molecule has 0 aliphatic carbocycles. The van der Waals surface area contributed by atoms with Gasteiger partial charge in [-0.3, -0.25) is 0 Å². The molecule has 0 aliphatic heterocycles. The number of aryl methyl sites for hydroxylation is 1. The van der Waals surface area contributed by atoms with Crippen molar-refractivity contribution in [2.24, 2.45) is 13.0 Å². The Morgan fingerprint density at radius 2 is 1.96 bits per heavy atom. The van der Waals surface area contributed by atoms with Gasteiger partial charge in [-0.15, -0.1) is 0 Å². The summed E-state index contributed by atoms with van der Waals surface area (Å²) in [5, 5.41) is 4.43. The van der Waals surface area contributed by atoms with Crippen molar-refractivity contribution in [2.45, 2.75) is 20.3 Å². The van der Waals surface area contributed by atoms with E-state index in [1.165, 1.54) is 5.56 Å². The molecule has 0 saturated heterocycles. The minimum absolute atomic E-state index is 0.622. The van der Waals surface area contributed by atoms with Crippen molar-refractivity contribution in [2.75, 3.05) is 5.32 Å². The van der Waals surface area contributed by atoms with E-state index in [2.05, 4.69) is 60.5 Å². The maximum Gasteiger partial charge on any atom is 0.188 e. The van der Waals surface area contributed by atoms with Crippen LogP contribution >= 0.6 is 11.3 Å². The van der Waals surface area contributed by atoms with E-state index in [1.807, 2.05) is 17.9 Å². The molecule has 1 N–H and O–H groups in total. The molecule has 122 valence electrons. The monoisotopic (exact) mass is 336 g/mol. The number of thiazole rings is 1. The van der Waals surface area contributed by atoms with Gasteiger partial charge in [-0.1, -0.05) is 43.4 Å². The van der Waals surface area contributed by atoms with Crippen molar-refractivity contribution < 1.29 is 0 Å². The number of imidazole rings is 1. The minimum atomic E-state index is 0.622. The van der Waals surface area contributed by atoms with Crippen LogP contribution in [0.5, 0.6) is 0 Å². The average molecular weight is 336 g/mol. The average Bonchev–Trinajstić information content (AvgIpc) is 3.12. The van der Waals surface area contributed by atoms with Gasteiger partial charge in [0.05, 0.1) is 16.5 Å². The molecule has 2 aromatic carbocycles. The Morgan fingerprint density at radius 1 is 1.12 bits per heavy atom. The number of nitrogens with zero attached hydrogens (tertiary/aromatic N) is 3. The summed E-state index contributed by atoms with van der Waals surface area (Å²) in [5.74, 6) is 0.622. The van der Waals surface area contributed by atoms with Gasteiger partial charge in [0.15, 0.2) is 5.13 Å². The Bertz CT molecular complexity index is 1010. The van der Waals surface area contributed by atoms with E-state index in [0.29, 0.717) is 5.92 Å². The lowest BCUT2D eigenvalue weighted by Crippen LogP contribution is -1.99. The lowest BCUT2D eigenvalue weighted by molar-refractivity contribution is 0.648. The highest BCUT2D eigenvalue weighted by Gasteiger charge is 2.12. The number of benzene rings is 2. The molecule has 0 amide bonds. The lowest BCUT2D eigenvalue weighted by atomic mass is 10.0. The van der Waals surface area contributed by atoms with Crippen molar-refractivity contribution in [1.29, 1.82) is 0 Å². The topological polar surface area (TPSA) is 42.7 Å². The van der Waals surface area contributed by atoms with Crippen molar-refractivity contribution in [3.05, 3.63) is 48.3 Å². The van der Waals surface area contributed by atoms with Crippen LogP contribution in [0.3, 0.4) is 0 Å². The number of hydrogen-bond donors (Lipinski definition) is 1. The Morgan fingerprint density at radius 3 is 2.79 bits per heavy atom. The molecule has 0 fully saturated rings. The fourth-order valence-corrected chi connectivity index (χ4v) is 3.90. The first-order chi connectivity index (χ1) is 11.6. The highest BCUT2D eigenvalue weighted by molar-refractivity contribution is 7.22. The van der Waals surface area contributed by atoms with Gasteiger partial charge in [0.2, 0.25) is 0 Å². The van der Waals surface area contributed by atoms with E-state index in [1.54, 1.807) is 11.3 Å². The fourth-order valence-electron chi connectivity index (χ4n) is 3.02. The third-order valence-corrected chi connectivity index (χ3v) is 5.08. The number of fused-ring (bicyclic) bond motifs is 3. The van der Waals surface area contributed by atoms with Crippen molar-refractivity contribution in [3.63, 3.8) is 0 Å². The minimum Gasteiger partial charge on any atom is -0.334 e. The van der Waals surface area contributed by atoms with E-state index < -0.39 is 0 Å². The Kier molecular flexibility index (Phi) is 3.73. The second-order valence-corrected chi connectivity index (χ2v) is 7.57. The summed E-state index contributed by atoms with van der Waals surface area (Å²) in [5.41, 5.74) is 5.52. The highest BCUT2D eigenvalue weighted by atomic mass is 32.1. The number of rotatable bonds is 4. The van der Waals surface area contributed by atoms with Gasteiger partial charge in [-0.05, 0) is 36.1 Å². The lowest BCUT2D eigenvalue weighted by Gasteiger charge is -2.11. The second kappa shape index (κ2) is 5.91. The molecule has 0 saturated carbocycles. The molecular formula is C19H20N4S. The van der Waals surface area contributed by atoms with Gasteiger partial charge >= 0.3 is 0 Å². The number of nitrogens with one attached hydrogen (secondary N) is 1. The van der Waals surface area contributed by atoms with Crippen LogP contribution in [-0.2, 0) is 13.5 Å². The zero-order valence-corrected chi connectivity index (χ0v) is 14.9. The second-order valence-electron chi connectivity index (χ2n) is 6.53. The molecule has 24 heavy (non-hydrogen) atoms. The van der Waals surface area contributed by atoms with E-state index in [-0.39, 0.29) is 0 Å². The summed E-state index contributed by atoms with van der Waals surface area (Å²) >= 11 is 1.67. The summed E-state index contributed by atoms with van der Waals surface area (Å²) in [6.45, 7) is 4.48. The van der Waals surface area contributed by atoms with Crippen LogP contribution in [0.4, 0.5) is 10.8 Å². The van der Waals surface area contributed by atoms with Crippen LogP contribution in [0, 0.1) is 5.92 Å².